The molecule has 0 spiro atoms. The van der Waals surface area contributed by atoms with Crippen molar-refractivity contribution in [3.63, 3.8) is 0 Å². The van der Waals surface area contributed by atoms with E-state index in [1.54, 1.807) is 4.90 Å². The molecule has 0 aromatic heterocycles. The third-order valence-electron chi connectivity index (χ3n) is 3.67. The van der Waals surface area contributed by atoms with Crippen molar-refractivity contribution >= 4 is 5.91 Å². The van der Waals surface area contributed by atoms with E-state index in [1.807, 2.05) is 14.0 Å². The Morgan fingerprint density at radius 3 is 2.76 bits per heavy atom. The van der Waals surface area contributed by atoms with E-state index in [9.17, 15) is 4.79 Å². The molecule has 1 heterocycles. The molecule has 0 radical (unpaired) electrons. The van der Waals surface area contributed by atoms with Gasteiger partial charge < -0.3 is 15.4 Å². The molecule has 0 aromatic carbocycles. The fourth-order valence-electron chi connectivity index (χ4n) is 2.10. The molecule has 1 rings (SSSR count). The molecule has 0 bridgehead atoms. The molecule has 0 aliphatic carbocycles. The normalized spacial score (nSPS) is 24.1. The first-order valence-corrected chi connectivity index (χ1v) is 6.68. The summed E-state index contributed by atoms with van der Waals surface area (Å²) in [4.78, 5) is 13.8. The van der Waals surface area contributed by atoms with Gasteiger partial charge in [0.2, 0.25) is 5.91 Å². The number of hydrogen-bond donors (Lipinski definition) is 1. The number of nitrogens with zero attached hydrogens (tertiary/aromatic N) is 1. The van der Waals surface area contributed by atoms with Gasteiger partial charge in [-0.15, -0.1) is 0 Å². The summed E-state index contributed by atoms with van der Waals surface area (Å²) in [5, 5.41) is 0. The van der Waals surface area contributed by atoms with Crippen LogP contribution in [0, 0.1) is 5.92 Å². The molecule has 4 heteroatoms. The van der Waals surface area contributed by atoms with Gasteiger partial charge in [0.1, 0.15) is 0 Å². The summed E-state index contributed by atoms with van der Waals surface area (Å²) < 4.78 is 5.63. The van der Waals surface area contributed by atoms with Gasteiger partial charge in [-0.05, 0) is 25.2 Å². The highest BCUT2D eigenvalue weighted by Crippen LogP contribution is 2.14. The third kappa shape index (κ3) is 4.28. The summed E-state index contributed by atoms with van der Waals surface area (Å²) in [6, 6.07) is -0.381. The number of likely N-dealkylation sites (N-methyl/N-ethyl adjacent to an activating group) is 1. The molecule has 1 aliphatic heterocycles. The van der Waals surface area contributed by atoms with Crippen molar-refractivity contribution in [1.29, 1.82) is 0 Å². The summed E-state index contributed by atoms with van der Waals surface area (Å²) in [7, 11) is 1.82. The maximum atomic E-state index is 12.1. The number of rotatable bonds is 5. The lowest BCUT2D eigenvalue weighted by Gasteiger charge is -2.30. The molecule has 1 saturated heterocycles. The van der Waals surface area contributed by atoms with E-state index in [1.165, 1.54) is 6.42 Å². The van der Waals surface area contributed by atoms with Gasteiger partial charge in [0.15, 0.2) is 0 Å². The highest BCUT2D eigenvalue weighted by atomic mass is 16.5. The minimum atomic E-state index is -0.381. The fraction of sp³-hybridized carbons (Fsp3) is 0.923. The molecule has 1 amide bonds. The van der Waals surface area contributed by atoms with E-state index in [4.69, 9.17) is 10.5 Å². The smallest absolute Gasteiger partial charge is 0.239 e. The summed E-state index contributed by atoms with van der Waals surface area (Å²) in [5.74, 6) is 0.269. The average Bonchev–Trinajstić information content (AvgIpc) is 2.37. The van der Waals surface area contributed by atoms with Gasteiger partial charge in [0, 0.05) is 20.2 Å². The monoisotopic (exact) mass is 242 g/mol. The number of amides is 1. The van der Waals surface area contributed by atoms with E-state index in [0.717, 1.165) is 25.9 Å². The summed E-state index contributed by atoms with van der Waals surface area (Å²) in [5.41, 5.74) is 5.95. The predicted molar refractivity (Wildman–Crippen MR) is 68.7 cm³/mol. The van der Waals surface area contributed by atoms with Crippen molar-refractivity contribution in [3.05, 3.63) is 0 Å². The van der Waals surface area contributed by atoms with E-state index < -0.39 is 0 Å². The molecular weight excluding hydrogens is 216 g/mol. The van der Waals surface area contributed by atoms with Gasteiger partial charge >= 0.3 is 0 Å². The summed E-state index contributed by atoms with van der Waals surface area (Å²) in [6.07, 6.45) is 4.52. The predicted octanol–water partition coefficient (Wildman–Crippen LogP) is 1.39. The quantitative estimate of drug-likeness (QED) is 0.792. The van der Waals surface area contributed by atoms with E-state index in [0.29, 0.717) is 6.54 Å². The molecule has 3 atom stereocenters. The fourth-order valence-corrected chi connectivity index (χ4v) is 2.10. The molecule has 1 unspecified atom stereocenters. The highest BCUT2D eigenvalue weighted by molar-refractivity contribution is 5.81. The molecule has 0 aromatic rings. The van der Waals surface area contributed by atoms with Crippen LogP contribution in [0.1, 0.15) is 39.5 Å². The van der Waals surface area contributed by atoms with Gasteiger partial charge in [0.05, 0.1) is 12.1 Å². The lowest BCUT2D eigenvalue weighted by Crippen LogP contribution is -2.48. The SMILES string of the molecule is CC[C@H](C)[C@H](N)C(=O)N(C)CC1CCCCO1. The van der Waals surface area contributed by atoms with Crippen LogP contribution in [0.5, 0.6) is 0 Å². The Kier molecular flexibility index (Phi) is 5.92. The third-order valence-corrected chi connectivity index (χ3v) is 3.67. The molecule has 2 N–H and O–H groups in total. The van der Waals surface area contributed by atoms with Crippen LogP contribution in [-0.4, -0.2) is 43.2 Å². The molecule has 1 aliphatic rings. The van der Waals surface area contributed by atoms with E-state index >= 15 is 0 Å². The molecule has 100 valence electrons. The van der Waals surface area contributed by atoms with Crippen LogP contribution in [0.15, 0.2) is 0 Å². The Morgan fingerprint density at radius 2 is 2.24 bits per heavy atom. The Bertz CT molecular complexity index is 240. The van der Waals surface area contributed by atoms with E-state index in [2.05, 4.69) is 6.92 Å². The van der Waals surface area contributed by atoms with Crippen molar-refractivity contribution in [1.82, 2.24) is 4.90 Å². The number of ether oxygens (including phenoxy) is 1. The lowest BCUT2D eigenvalue weighted by atomic mass is 9.99. The van der Waals surface area contributed by atoms with Gasteiger partial charge in [-0.1, -0.05) is 20.3 Å². The second-order valence-corrected chi connectivity index (χ2v) is 5.12. The second-order valence-electron chi connectivity index (χ2n) is 5.12. The van der Waals surface area contributed by atoms with Crippen molar-refractivity contribution in [3.8, 4) is 0 Å². The highest BCUT2D eigenvalue weighted by Gasteiger charge is 2.25. The minimum absolute atomic E-state index is 0.0357. The van der Waals surface area contributed by atoms with E-state index in [-0.39, 0.29) is 24.0 Å². The average molecular weight is 242 g/mol. The molecule has 1 fully saturated rings. The maximum Gasteiger partial charge on any atom is 0.239 e. The lowest BCUT2D eigenvalue weighted by molar-refractivity contribution is -0.134. The summed E-state index contributed by atoms with van der Waals surface area (Å²) in [6.45, 7) is 5.57. The van der Waals surface area contributed by atoms with Gasteiger partial charge in [-0.3, -0.25) is 4.79 Å². The number of nitrogens with two attached hydrogens (primary N) is 1. The zero-order valence-electron chi connectivity index (χ0n) is 11.3. The molecule has 17 heavy (non-hydrogen) atoms. The second kappa shape index (κ2) is 6.97. The molecule has 0 saturated carbocycles. The largest absolute Gasteiger partial charge is 0.376 e. The number of carbonyl (C=O) groups excluding carboxylic acids is 1. The van der Waals surface area contributed by atoms with Gasteiger partial charge in [0.25, 0.3) is 0 Å². The van der Waals surface area contributed by atoms with Crippen LogP contribution in [-0.2, 0) is 9.53 Å². The molecular formula is C13H26N2O2. The van der Waals surface area contributed by atoms with Crippen molar-refractivity contribution in [2.75, 3.05) is 20.2 Å². The molecule has 4 nitrogen and oxygen atoms in total. The minimum Gasteiger partial charge on any atom is -0.376 e. The van der Waals surface area contributed by atoms with Crippen LogP contribution in [0.2, 0.25) is 0 Å². The van der Waals surface area contributed by atoms with Crippen LogP contribution in [0.25, 0.3) is 0 Å². The first-order valence-electron chi connectivity index (χ1n) is 6.68. The van der Waals surface area contributed by atoms with Crippen LogP contribution >= 0.6 is 0 Å². The number of carbonyl (C=O) groups is 1. The standard InChI is InChI=1S/C13H26N2O2/c1-4-10(2)12(14)13(16)15(3)9-11-7-5-6-8-17-11/h10-12H,4-9,14H2,1-3H3/t10-,11?,12-/m0/s1. The Morgan fingerprint density at radius 1 is 1.53 bits per heavy atom. The Labute approximate surface area is 104 Å². The first kappa shape index (κ1) is 14.5. The zero-order valence-corrected chi connectivity index (χ0v) is 11.3. The van der Waals surface area contributed by atoms with Crippen molar-refractivity contribution in [2.45, 2.75) is 51.7 Å². The Balaban J connectivity index is 2.40. The van der Waals surface area contributed by atoms with Crippen molar-refractivity contribution in [2.24, 2.45) is 11.7 Å². The maximum absolute atomic E-state index is 12.1. The van der Waals surface area contributed by atoms with Crippen LogP contribution in [0.3, 0.4) is 0 Å². The van der Waals surface area contributed by atoms with Crippen LogP contribution < -0.4 is 5.73 Å². The topological polar surface area (TPSA) is 55.6 Å². The van der Waals surface area contributed by atoms with Gasteiger partial charge in [-0.25, -0.2) is 0 Å². The van der Waals surface area contributed by atoms with Gasteiger partial charge in [-0.2, -0.15) is 0 Å². The summed E-state index contributed by atoms with van der Waals surface area (Å²) >= 11 is 0. The first-order chi connectivity index (χ1) is 8.06. The van der Waals surface area contributed by atoms with Crippen LogP contribution in [0.4, 0.5) is 0 Å². The van der Waals surface area contributed by atoms with Crippen molar-refractivity contribution < 1.29 is 9.53 Å². The Hall–Kier alpha value is -0.610. The number of hydrogen-bond acceptors (Lipinski definition) is 3. The zero-order chi connectivity index (χ0) is 12.8.